The molecule has 0 aliphatic rings. The number of carbonyl (C=O) groups is 1. The Kier molecular flexibility index (Phi) is 3.46. The molecular formula is C12H9N3O4. The van der Waals surface area contributed by atoms with Crippen molar-refractivity contribution in [2.75, 3.05) is 0 Å². The van der Waals surface area contributed by atoms with E-state index in [1.807, 2.05) is 0 Å². The average molecular weight is 259 g/mol. The molecule has 0 aliphatic carbocycles. The van der Waals surface area contributed by atoms with Gasteiger partial charge in [-0.25, -0.2) is 4.98 Å². The van der Waals surface area contributed by atoms with Crippen molar-refractivity contribution in [1.82, 2.24) is 9.55 Å². The van der Waals surface area contributed by atoms with Crippen LogP contribution in [-0.2, 0) is 11.3 Å². The molecule has 7 nitrogen and oxygen atoms in total. The average Bonchev–Trinajstić information content (AvgIpc) is 2.41. The summed E-state index contributed by atoms with van der Waals surface area (Å²) in [5, 5.41) is 10.7. The lowest BCUT2D eigenvalue weighted by molar-refractivity contribution is -0.386. The monoisotopic (exact) mass is 259 g/mol. The molecule has 0 N–H and O–H groups in total. The first kappa shape index (κ1) is 12.6. The predicted molar refractivity (Wildman–Crippen MR) is 66.7 cm³/mol. The quantitative estimate of drug-likeness (QED) is 0.464. The Morgan fingerprint density at radius 2 is 2.00 bits per heavy atom. The number of rotatable bonds is 4. The van der Waals surface area contributed by atoms with Gasteiger partial charge in [0.25, 0.3) is 0 Å². The number of aromatic nitrogens is 2. The molecule has 96 valence electrons. The summed E-state index contributed by atoms with van der Waals surface area (Å²) in [5.41, 5.74) is -0.885. The van der Waals surface area contributed by atoms with Gasteiger partial charge in [0.2, 0.25) is 0 Å². The molecule has 0 atom stereocenters. The fourth-order valence-corrected chi connectivity index (χ4v) is 1.67. The van der Waals surface area contributed by atoms with Crippen LogP contribution in [0.4, 0.5) is 5.69 Å². The highest BCUT2D eigenvalue weighted by Crippen LogP contribution is 2.16. The van der Waals surface area contributed by atoms with Crippen molar-refractivity contribution in [3.05, 3.63) is 57.0 Å². The van der Waals surface area contributed by atoms with Gasteiger partial charge in [0.05, 0.1) is 11.5 Å². The summed E-state index contributed by atoms with van der Waals surface area (Å²) in [4.78, 5) is 36.3. The minimum absolute atomic E-state index is 0.225. The Labute approximate surface area is 107 Å². The fourth-order valence-electron chi connectivity index (χ4n) is 1.67. The predicted octanol–water partition coefficient (Wildman–Crippen LogP) is 1.02. The smallest absolute Gasteiger partial charge is 0.301 e. The maximum absolute atomic E-state index is 11.9. The van der Waals surface area contributed by atoms with Crippen molar-refractivity contribution in [2.24, 2.45) is 0 Å². The number of nitro groups is 1. The van der Waals surface area contributed by atoms with E-state index in [9.17, 15) is 19.7 Å². The number of carbonyl (C=O) groups excluding carboxylic acids is 1. The highest BCUT2D eigenvalue weighted by molar-refractivity contribution is 5.58. The molecule has 1 aromatic heterocycles. The summed E-state index contributed by atoms with van der Waals surface area (Å²) in [7, 11) is 0. The van der Waals surface area contributed by atoms with E-state index in [2.05, 4.69) is 4.98 Å². The maximum Gasteiger partial charge on any atom is 0.352 e. The first-order valence-corrected chi connectivity index (χ1v) is 5.38. The normalized spacial score (nSPS) is 10.1. The Bertz CT molecular complexity index is 679. The fraction of sp³-hybridized carbons (Fsp3) is 0.0833. The zero-order valence-corrected chi connectivity index (χ0v) is 9.72. The molecule has 7 heteroatoms. The largest absolute Gasteiger partial charge is 0.352 e. The van der Waals surface area contributed by atoms with Crippen LogP contribution in [0.3, 0.4) is 0 Å². The Morgan fingerprint density at radius 1 is 1.32 bits per heavy atom. The van der Waals surface area contributed by atoms with Crippen molar-refractivity contribution in [1.29, 1.82) is 0 Å². The highest BCUT2D eigenvalue weighted by atomic mass is 16.6. The van der Waals surface area contributed by atoms with Crippen molar-refractivity contribution in [3.63, 3.8) is 0 Å². The lowest BCUT2D eigenvalue weighted by atomic mass is 10.2. The summed E-state index contributed by atoms with van der Waals surface area (Å²) in [6.07, 6.45) is 1.41. The maximum atomic E-state index is 11.9. The summed E-state index contributed by atoms with van der Waals surface area (Å²) in [5.74, 6) is 0.225. The van der Waals surface area contributed by atoms with Gasteiger partial charge in [-0.2, -0.15) is 0 Å². The SMILES string of the molecule is O=CCn1c(-c2ccccc2)ncc([N+](=O)[O-])c1=O. The molecule has 0 fully saturated rings. The van der Waals surface area contributed by atoms with Crippen LogP contribution in [0.2, 0.25) is 0 Å². The molecule has 0 aliphatic heterocycles. The van der Waals surface area contributed by atoms with Crippen molar-refractivity contribution in [2.45, 2.75) is 6.54 Å². The zero-order valence-electron chi connectivity index (χ0n) is 9.72. The molecular weight excluding hydrogens is 250 g/mol. The second kappa shape index (κ2) is 5.21. The third kappa shape index (κ3) is 2.39. The summed E-state index contributed by atoms with van der Waals surface area (Å²) in [6.45, 7) is -0.280. The van der Waals surface area contributed by atoms with Gasteiger partial charge in [0.1, 0.15) is 18.3 Å². The molecule has 2 aromatic rings. The van der Waals surface area contributed by atoms with Crippen LogP contribution in [0, 0.1) is 10.1 Å². The van der Waals surface area contributed by atoms with E-state index >= 15 is 0 Å². The molecule has 0 spiro atoms. The van der Waals surface area contributed by atoms with E-state index in [0.29, 0.717) is 11.8 Å². The number of hydrogen-bond acceptors (Lipinski definition) is 5. The summed E-state index contributed by atoms with van der Waals surface area (Å²) < 4.78 is 0.987. The Morgan fingerprint density at radius 3 is 2.58 bits per heavy atom. The minimum atomic E-state index is -0.842. The van der Waals surface area contributed by atoms with E-state index in [1.54, 1.807) is 30.3 Å². The van der Waals surface area contributed by atoms with Gasteiger partial charge in [0, 0.05) is 5.56 Å². The van der Waals surface area contributed by atoms with Crippen LogP contribution >= 0.6 is 0 Å². The van der Waals surface area contributed by atoms with Gasteiger partial charge in [0.15, 0.2) is 0 Å². The molecule has 0 saturated carbocycles. The standard InChI is InChI=1S/C12H9N3O4/c16-7-6-14-11(9-4-2-1-3-5-9)13-8-10(12(14)17)15(18)19/h1-5,7-8H,6H2. The molecule has 0 bridgehead atoms. The Balaban J connectivity index is 2.69. The van der Waals surface area contributed by atoms with Crippen molar-refractivity contribution in [3.8, 4) is 11.4 Å². The second-order valence-electron chi connectivity index (χ2n) is 3.67. The first-order chi connectivity index (χ1) is 9.15. The third-order valence-electron chi connectivity index (χ3n) is 2.51. The Hall–Kier alpha value is -2.83. The molecule has 1 heterocycles. The van der Waals surface area contributed by atoms with Gasteiger partial charge in [-0.1, -0.05) is 30.3 Å². The van der Waals surface area contributed by atoms with Crippen LogP contribution < -0.4 is 5.56 Å². The molecule has 0 amide bonds. The molecule has 19 heavy (non-hydrogen) atoms. The molecule has 0 unspecified atom stereocenters. The molecule has 1 aromatic carbocycles. The van der Waals surface area contributed by atoms with Crippen LogP contribution in [0.1, 0.15) is 0 Å². The van der Waals surface area contributed by atoms with Crippen molar-refractivity contribution < 1.29 is 9.72 Å². The van der Waals surface area contributed by atoms with Gasteiger partial charge in [-0.3, -0.25) is 19.5 Å². The zero-order chi connectivity index (χ0) is 13.8. The van der Waals surface area contributed by atoms with Crippen LogP contribution in [-0.4, -0.2) is 20.8 Å². The van der Waals surface area contributed by atoms with E-state index in [4.69, 9.17) is 0 Å². The van der Waals surface area contributed by atoms with Gasteiger partial charge >= 0.3 is 11.2 Å². The van der Waals surface area contributed by atoms with E-state index in [-0.39, 0.29) is 12.4 Å². The van der Waals surface area contributed by atoms with Gasteiger partial charge in [-0.15, -0.1) is 0 Å². The number of nitrogens with zero attached hydrogens (tertiary/aromatic N) is 3. The topological polar surface area (TPSA) is 95.1 Å². The van der Waals surface area contributed by atoms with Gasteiger partial charge in [-0.05, 0) is 0 Å². The minimum Gasteiger partial charge on any atom is -0.301 e. The van der Waals surface area contributed by atoms with Gasteiger partial charge < -0.3 is 4.79 Å². The van der Waals surface area contributed by atoms with Crippen LogP contribution in [0.25, 0.3) is 11.4 Å². The summed E-state index contributed by atoms with van der Waals surface area (Å²) >= 11 is 0. The lowest BCUT2D eigenvalue weighted by Crippen LogP contribution is -2.25. The number of benzene rings is 1. The summed E-state index contributed by atoms with van der Waals surface area (Å²) in [6, 6.07) is 8.68. The second-order valence-corrected chi connectivity index (χ2v) is 3.67. The third-order valence-corrected chi connectivity index (χ3v) is 2.51. The molecule has 0 radical (unpaired) electrons. The van der Waals surface area contributed by atoms with Crippen LogP contribution in [0.5, 0.6) is 0 Å². The van der Waals surface area contributed by atoms with E-state index < -0.39 is 16.2 Å². The van der Waals surface area contributed by atoms with E-state index in [0.717, 1.165) is 10.8 Å². The first-order valence-electron chi connectivity index (χ1n) is 5.38. The lowest BCUT2D eigenvalue weighted by Gasteiger charge is -2.08. The number of hydrogen-bond donors (Lipinski definition) is 0. The molecule has 2 rings (SSSR count). The van der Waals surface area contributed by atoms with E-state index in [1.165, 1.54) is 0 Å². The highest BCUT2D eigenvalue weighted by Gasteiger charge is 2.18. The number of aldehydes is 1. The molecule has 0 saturated heterocycles. The van der Waals surface area contributed by atoms with Crippen LogP contribution in [0.15, 0.2) is 41.3 Å². The van der Waals surface area contributed by atoms with Crippen molar-refractivity contribution >= 4 is 12.0 Å².